The number of hydrogen-bond donors (Lipinski definition) is 2. The molecule has 0 spiro atoms. The van der Waals surface area contributed by atoms with E-state index in [1.165, 1.54) is 0 Å². The van der Waals surface area contributed by atoms with Crippen LogP contribution in [0.3, 0.4) is 0 Å². The number of pyridine rings is 1. The van der Waals surface area contributed by atoms with Crippen LogP contribution in [0.5, 0.6) is 0 Å². The molecule has 0 atom stereocenters. The first-order valence-electron chi connectivity index (χ1n) is 7.77. The van der Waals surface area contributed by atoms with Gasteiger partial charge in [-0.15, -0.1) is 0 Å². The maximum Gasteiger partial charge on any atom is 0.0727 e. The van der Waals surface area contributed by atoms with Crippen LogP contribution in [0, 0.1) is 6.92 Å². The van der Waals surface area contributed by atoms with Crippen molar-refractivity contribution in [1.82, 2.24) is 9.88 Å². The summed E-state index contributed by atoms with van der Waals surface area (Å²) in [5.74, 6) is 0. The normalized spacial score (nSPS) is 11.2. The summed E-state index contributed by atoms with van der Waals surface area (Å²) in [5.41, 5.74) is 9.83. The van der Waals surface area contributed by atoms with Gasteiger partial charge >= 0.3 is 0 Å². The molecule has 4 heteroatoms. The van der Waals surface area contributed by atoms with Crippen LogP contribution >= 0.6 is 0 Å². The van der Waals surface area contributed by atoms with Gasteiger partial charge in [0.25, 0.3) is 0 Å². The first kappa shape index (κ1) is 15.6. The molecule has 0 radical (unpaired) electrons. The highest BCUT2D eigenvalue weighted by atomic mass is 15.1. The van der Waals surface area contributed by atoms with Crippen molar-refractivity contribution in [2.24, 2.45) is 0 Å². The summed E-state index contributed by atoms with van der Waals surface area (Å²) in [6.45, 7) is 10.8. The van der Waals surface area contributed by atoms with E-state index in [-0.39, 0.29) is 0 Å². The molecule has 0 amide bonds. The van der Waals surface area contributed by atoms with Crippen LogP contribution in [0.25, 0.3) is 10.9 Å². The van der Waals surface area contributed by atoms with Crippen LogP contribution in [-0.4, -0.2) is 36.1 Å². The van der Waals surface area contributed by atoms with E-state index in [4.69, 9.17) is 5.73 Å². The van der Waals surface area contributed by atoms with Crippen molar-refractivity contribution < 1.29 is 0 Å². The van der Waals surface area contributed by atoms with Crippen molar-refractivity contribution in [3.63, 3.8) is 0 Å². The average Bonchev–Trinajstić information content (AvgIpc) is 2.48. The van der Waals surface area contributed by atoms with Gasteiger partial charge in [-0.1, -0.05) is 13.8 Å². The van der Waals surface area contributed by atoms with E-state index in [0.717, 1.165) is 60.6 Å². The highest BCUT2D eigenvalue weighted by Crippen LogP contribution is 2.25. The van der Waals surface area contributed by atoms with E-state index in [1.807, 2.05) is 25.1 Å². The Bertz CT molecular complexity index is 591. The van der Waals surface area contributed by atoms with E-state index in [1.54, 1.807) is 0 Å². The van der Waals surface area contributed by atoms with Crippen molar-refractivity contribution in [2.75, 3.05) is 37.2 Å². The lowest BCUT2D eigenvalue weighted by Gasteiger charge is -2.18. The zero-order chi connectivity index (χ0) is 15.2. The maximum atomic E-state index is 5.90. The molecule has 0 aliphatic carbocycles. The topological polar surface area (TPSA) is 54.2 Å². The molecule has 0 saturated heterocycles. The molecule has 2 aromatic rings. The molecule has 1 heterocycles. The fourth-order valence-electron chi connectivity index (χ4n) is 2.59. The zero-order valence-corrected chi connectivity index (χ0v) is 13.3. The molecule has 2 rings (SSSR count). The number of nitrogens with two attached hydrogens (primary N) is 1. The standard InChI is InChI=1S/C17H26N4/c1-4-21(5-2)10-6-9-19-17-11-13(3)20-16-8-7-14(18)12-15(16)17/h7-8,11-12H,4-6,9-10,18H2,1-3H3,(H,19,20). The average molecular weight is 286 g/mol. The molecule has 114 valence electrons. The molecule has 1 aromatic carbocycles. The minimum atomic E-state index is 0.777. The first-order valence-corrected chi connectivity index (χ1v) is 7.77. The van der Waals surface area contributed by atoms with E-state index in [0.29, 0.717) is 0 Å². The third kappa shape index (κ3) is 4.08. The van der Waals surface area contributed by atoms with Crippen LogP contribution in [0.2, 0.25) is 0 Å². The van der Waals surface area contributed by atoms with Crippen LogP contribution in [0.1, 0.15) is 26.0 Å². The fourth-order valence-corrected chi connectivity index (χ4v) is 2.59. The lowest BCUT2D eigenvalue weighted by molar-refractivity contribution is 0.303. The number of rotatable bonds is 7. The molecular weight excluding hydrogens is 260 g/mol. The summed E-state index contributed by atoms with van der Waals surface area (Å²) in [4.78, 5) is 7.00. The predicted octanol–water partition coefficient (Wildman–Crippen LogP) is 3.27. The number of nitrogen functional groups attached to an aromatic ring is 1. The number of hydrogen-bond acceptors (Lipinski definition) is 4. The van der Waals surface area contributed by atoms with Crippen molar-refractivity contribution in [2.45, 2.75) is 27.2 Å². The summed E-state index contributed by atoms with van der Waals surface area (Å²) in [5, 5.41) is 4.64. The van der Waals surface area contributed by atoms with Gasteiger partial charge in [0.15, 0.2) is 0 Å². The largest absolute Gasteiger partial charge is 0.399 e. The zero-order valence-electron chi connectivity index (χ0n) is 13.3. The van der Waals surface area contributed by atoms with Gasteiger partial charge in [-0.3, -0.25) is 4.98 Å². The summed E-state index contributed by atoms with van der Waals surface area (Å²) >= 11 is 0. The quantitative estimate of drug-likeness (QED) is 0.606. The van der Waals surface area contributed by atoms with E-state index < -0.39 is 0 Å². The highest BCUT2D eigenvalue weighted by Gasteiger charge is 2.05. The molecule has 3 N–H and O–H groups in total. The number of benzene rings is 1. The Balaban J connectivity index is 2.06. The van der Waals surface area contributed by atoms with Gasteiger partial charge in [-0.2, -0.15) is 0 Å². The Morgan fingerprint density at radius 2 is 1.95 bits per heavy atom. The van der Waals surface area contributed by atoms with Crippen molar-refractivity contribution >= 4 is 22.3 Å². The Morgan fingerprint density at radius 3 is 2.67 bits per heavy atom. The second-order valence-corrected chi connectivity index (χ2v) is 5.39. The number of fused-ring (bicyclic) bond motifs is 1. The van der Waals surface area contributed by atoms with Gasteiger partial charge in [0.05, 0.1) is 5.52 Å². The summed E-state index contributed by atoms with van der Waals surface area (Å²) < 4.78 is 0. The Hall–Kier alpha value is -1.81. The Kier molecular flexibility index (Phi) is 5.39. The third-order valence-corrected chi connectivity index (χ3v) is 3.82. The van der Waals surface area contributed by atoms with Crippen LogP contribution in [-0.2, 0) is 0 Å². The molecule has 0 unspecified atom stereocenters. The molecule has 0 aliphatic rings. The molecule has 1 aromatic heterocycles. The molecule has 21 heavy (non-hydrogen) atoms. The second kappa shape index (κ2) is 7.27. The molecule has 0 aliphatic heterocycles. The fraction of sp³-hybridized carbons (Fsp3) is 0.471. The first-order chi connectivity index (χ1) is 10.1. The van der Waals surface area contributed by atoms with Crippen LogP contribution in [0.15, 0.2) is 24.3 Å². The van der Waals surface area contributed by atoms with Crippen molar-refractivity contribution in [3.05, 3.63) is 30.0 Å². The summed E-state index contributed by atoms with van der Waals surface area (Å²) in [7, 11) is 0. The van der Waals surface area contributed by atoms with Crippen molar-refractivity contribution in [1.29, 1.82) is 0 Å². The predicted molar refractivity (Wildman–Crippen MR) is 91.8 cm³/mol. The number of nitrogens with zero attached hydrogens (tertiary/aromatic N) is 2. The van der Waals surface area contributed by atoms with Gasteiger partial charge in [-0.25, -0.2) is 0 Å². The molecule has 4 nitrogen and oxygen atoms in total. The van der Waals surface area contributed by atoms with Gasteiger partial charge in [0.2, 0.25) is 0 Å². The number of anilines is 2. The second-order valence-electron chi connectivity index (χ2n) is 5.39. The number of aromatic nitrogens is 1. The van der Waals surface area contributed by atoms with Crippen LogP contribution in [0.4, 0.5) is 11.4 Å². The SMILES string of the molecule is CCN(CC)CCCNc1cc(C)nc2ccc(N)cc12. The van der Waals surface area contributed by atoms with Crippen molar-refractivity contribution in [3.8, 4) is 0 Å². The monoisotopic (exact) mass is 286 g/mol. The van der Waals surface area contributed by atoms with E-state index in [2.05, 4.69) is 35.1 Å². The number of aryl methyl sites for hydroxylation is 1. The lowest BCUT2D eigenvalue weighted by atomic mass is 10.1. The van der Waals surface area contributed by atoms with Gasteiger partial charge in [0.1, 0.15) is 0 Å². The number of nitrogens with one attached hydrogen (secondary N) is 1. The molecular formula is C17H26N4. The summed E-state index contributed by atoms with van der Waals surface area (Å²) in [6, 6.07) is 7.98. The van der Waals surface area contributed by atoms with Gasteiger partial charge < -0.3 is 16.0 Å². The molecule has 0 bridgehead atoms. The Morgan fingerprint density at radius 1 is 1.19 bits per heavy atom. The lowest BCUT2D eigenvalue weighted by Crippen LogP contribution is -2.25. The minimum absolute atomic E-state index is 0.777. The van der Waals surface area contributed by atoms with Crippen LogP contribution < -0.4 is 11.1 Å². The molecule has 0 fully saturated rings. The third-order valence-electron chi connectivity index (χ3n) is 3.82. The maximum absolute atomic E-state index is 5.90. The van der Waals surface area contributed by atoms with E-state index >= 15 is 0 Å². The van der Waals surface area contributed by atoms with Gasteiger partial charge in [-0.05, 0) is 57.2 Å². The smallest absolute Gasteiger partial charge is 0.0727 e. The Labute approximate surface area is 127 Å². The molecule has 0 saturated carbocycles. The highest BCUT2D eigenvalue weighted by molar-refractivity contribution is 5.93. The summed E-state index contributed by atoms with van der Waals surface area (Å²) in [6.07, 6.45) is 1.13. The van der Waals surface area contributed by atoms with Gasteiger partial charge in [0, 0.05) is 29.0 Å². The van der Waals surface area contributed by atoms with E-state index in [9.17, 15) is 0 Å². The minimum Gasteiger partial charge on any atom is -0.399 e.